The maximum atomic E-state index is 12.1. The summed E-state index contributed by atoms with van der Waals surface area (Å²) in [7, 11) is 0. The summed E-state index contributed by atoms with van der Waals surface area (Å²) in [5.74, 6) is -0.722. The minimum atomic E-state index is -0.764. The number of hydrogen-bond acceptors (Lipinski definition) is 4. The first-order valence-electron chi connectivity index (χ1n) is 7.18. The lowest BCUT2D eigenvalue weighted by Crippen LogP contribution is -2.37. The van der Waals surface area contributed by atoms with Crippen LogP contribution in [0.5, 0.6) is 0 Å². The number of nitrogens with one attached hydrogen (secondary N) is 1. The summed E-state index contributed by atoms with van der Waals surface area (Å²) in [5, 5.41) is 4.61. The van der Waals surface area contributed by atoms with Crippen molar-refractivity contribution < 1.29 is 14.3 Å². The summed E-state index contributed by atoms with van der Waals surface area (Å²) in [6, 6.07) is 11.4. The maximum absolute atomic E-state index is 12.1. The van der Waals surface area contributed by atoms with Crippen LogP contribution >= 0.6 is 11.3 Å². The Labute approximate surface area is 134 Å². The molecule has 0 saturated carbocycles. The van der Waals surface area contributed by atoms with Gasteiger partial charge in [0.05, 0.1) is 0 Å². The third kappa shape index (κ3) is 4.43. The molecule has 0 radical (unpaired) electrons. The van der Waals surface area contributed by atoms with Gasteiger partial charge in [-0.1, -0.05) is 42.8 Å². The molecule has 0 spiro atoms. The van der Waals surface area contributed by atoms with E-state index in [1.54, 1.807) is 17.5 Å². The zero-order valence-corrected chi connectivity index (χ0v) is 13.5. The smallest absolute Gasteiger partial charge is 0.349 e. The molecule has 22 heavy (non-hydrogen) atoms. The van der Waals surface area contributed by atoms with Gasteiger partial charge in [-0.2, -0.15) is 0 Å². The zero-order chi connectivity index (χ0) is 15.9. The van der Waals surface area contributed by atoms with E-state index in [4.69, 9.17) is 4.74 Å². The largest absolute Gasteiger partial charge is 0.448 e. The minimum Gasteiger partial charge on any atom is -0.448 e. The van der Waals surface area contributed by atoms with Crippen molar-refractivity contribution in [3.05, 3.63) is 57.8 Å². The summed E-state index contributed by atoms with van der Waals surface area (Å²) in [4.78, 5) is 24.5. The summed E-state index contributed by atoms with van der Waals surface area (Å²) in [5.41, 5.74) is 2.18. The Morgan fingerprint density at radius 2 is 1.95 bits per heavy atom. The molecule has 1 heterocycles. The number of esters is 1. The fourth-order valence-electron chi connectivity index (χ4n) is 1.91. The van der Waals surface area contributed by atoms with Crippen LogP contribution in [0.1, 0.15) is 34.1 Å². The second kappa shape index (κ2) is 7.75. The lowest BCUT2D eigenvalue weighted by Gasteiger charge is -2.15. The van der Waals surface area contributed by atoms with Gasteiger partial charge in [0.25, 0.3) is 5.91 Å². The van der Waals surface area contributed by atoms with Crippen LogP contribution in [0.4, 0.5) is 0 Å². The molecule has 1 atom stereocenters. The highest BCUT2D eigenvalue weighted by molar-refractivity contribution is 7.11. The average Bonchev–Trinajstić information content (AvgIpc) is 3.06. The predicted molar refractivity (Wildman–Crippen MR) is 86.8 cm³/mol. The third-order valence-electron chi connectivity index (χ3n) is 3.22. The molecule has 1 N–H and O–H groups in total. The molecule has 2 aromatic rings. The van der Waals surface area contributed by atoms with Gasteiger partial charge in [-0.05, 0) is 30.4 Å². The maximum Gasteiger partial charge on any atom is 0.349 e. The highest BCUT2D eigenvalue weighted by atomic mass is 32.1. The Hall–Kier alpha value is -2.14. The van der Waals surface area contributed by atoms with Crippen molar-refractivity contribution in [2.24, 2.45) is 0 Å². The van der Waals surface area contributed by atoms with Crippen LogP contribution in [0.15, 0.2) is 41.8 Å². The van der Waals surface area contributed by atoms with E-state index >= 15 is 0 Å². The number of amides is 1. The summed E-state index contributed by atoms with van der Waals surface area (Å²) in [6.07, 6.45) is -0.323. The molecule has 0 unspecified atom stereocenters. The van der Waals surface area contributed by atoms with Crippen LogP contribution in [0.2, 0.25) is 0 Å². The van der Waals surface area contributed by atoms with E-state index in [0.29, 0.717) is 17.8 Å². The van der Waals surface area contributed by atoms with E-state index < -0.39 is 12.1 Å². The lowest BCUT2D eigenvalue weighted by atomic mass is 10.1. The second-order valence-corrected chi connectivity index (χ2v) is 5.93. The van der Waals surface area contributed by atoms with Gasteiger partial charge in [0.1, 0.15) is 4.88 Å². The van der Waals surface area contributed by atoms with Gasteiger partial charge in [-0.25, -0.2) is 4.79 Å². The molecule has 0 bridgehead atoms. The quantitative estimate of drug-likeness (QED) is 0.832. The molecule has 116 valence electrons. The van der Waals surface area contributed by atoms with E-state index in [2.05, 4.69) is 5.32 Å². The predicted octanol–water partition coefficient (Wildman–Crippen LogP) is 3.31. The Balaban J connectivity index is 1.88. The van der Waals surface area contributed by atoms with Crippen LogP contribution in [-0.2, 0) is 16.1 Å². The van der Waals surface area contributed by atoms with E-state index in [-0.39, 0.29) is 5.91 Å². The molecule has 2 rings (SSSR count). The Morgan fingerprint density at radius 3 is 2.55 bits per heavy atom. The van der Waals surface area contributed by atoms with Crippen molar-refractivity contribution in [3.8, 4) is 0 Å². The molecule has 5 heteroatoms. The summed E-state index contributed by atoms with van der Waals surface area (Å²) < 4.78 is 5.27. The van der Waals surface area contributed by atoms with Crippen molar-refractivity contribution in [1.82, 2.24) is 5.32 Å². The van der Waals surface area contributed by atoms with Crippen molar-refractivity contribution in [1.29, 1.82) is 0 Å². The topological polar surface area (TPSA) is 55.4 Å². The van der Waals surface area contributed by atoms with Gasteiger partial charge in [0.15, 0.2) is 6.10 Å². The Bertz CT molecular complexity index is 620. The molecule has 1 aromatic heterocycles. The van der Waals surface area contributed by atoms with Gasteiger partial charge in [-0.15, -0.1) is 11.3 Å². The molecule has 0 aliphatic rings. The minimum absolute atomic E-state index is 0.270. The summed E-state index contributed by atoms with van der Waals surface area (Å²) >= 11 is 1.30. The van der Waals surface area contributed by atoms with Crippen molar-refractivity contribution >= 4 is 23.2 Å². The van der Waals surface area contributed by atoms with Gasteiger partial charge >= 0.3 is 5.97 Å². The zero-order valence-electron chi connectivity index (χ0n) is 12.7. The molecule has 0 saturated heterocycles. The molecule has 0 fully saturated rings. The third-order valence-corrected chi connectivity index (χ3v) is 4.07. The number of carbonyl (C=O) groups excluding carboxylic acids is 2. The first-order chi connectivity index (χ1) is 10.6. The van der Waals surface area contributed by atoms with E-state index in [1.165, 1.54) is 16.9 Å². The van der Waals surface area contributed by atoms with E-state index in [9.17, 15) is 9.59 Å². The average molecular weight is 317 g/mol. The first kappa shape index (κ1) is 16.2. The van der Waals surface area contributed by atoms with Gasteiger partial charge in [0, 0.05) is 6.54 Å². The number of thiophene rings is 1. The monoisotopic (exact) mass is 317 g/mol. The highest BCUT2D eigenvalue weighted by Crippen LogP contribution is 2.12. The Morgan fingerprint density at radius 1 is 1.23 bits per heavy atom. The van der Waals surface area contributed by atoms with Gasteiger partial charge in [0.2, 0.25) is 0 Å². The van der Waals surface area contributed by atoms with E-state index in [1.807, 2.05) is 38.1 Å². The second-order valence-electron chi connectivity index (χ2n) is 4.98. The first-order valence-corrected chi connectivity index (χ1v) is 8.06. The molecule has 4 nitrogen and oxygen atoms in total. The van der Waals surface area contributed by atoms with Crippen LogP contribution in [0.25, 0.3) is 0 Å². The van der Waals surface area contributed by atoms with Crippen LogP contribution in [0.3, 0.4) is 0 Å². The van der Waals surface area contributed by atoms with Crippen molar-refractivity contribution in [2.75, 3.05) is 0 Å². The van der Waals surface area contributed by atoms with Crippen LogP contribution in [0, 0.1) is 6.92 Å². The molecular formula is C17H19NO3S. The fraction of sp³-hybridized carbons (Fsp3) is 0.294. The standard InChI is InChI=1S/C17H19NO3S/c1-3-14(21-17(20)15-5-4-10-22-15)16(19)18-11-13-8-6-12(2)7-9-13/h4-10,14H,3,11H2,1-2H3,(H,18,19)/t14-/m1/s1. The molecular weight excluding hydrogens is 298 g/mol. The number of benzene rings is 1. The van der Waals surface area contributed by atoms with Gasteiger partial charge < -0.3 is 10.1 Å². The number of rotatable bonds is 6. The van der Waals surface area contributed by atoms with Crippen LogP contribution < -0.4 is 5.32 Å². The fourth-order valence-corrected chi connectivity index (χ4v) is 2.52. The molecule has 1 amide bonds. The van der Waals surface area contributed by atoms with Crippen molar-refractivity contribution in [2.45, 2.75) is 32.9 Å². The normalized spacial score (nSPS) is 11.7. The lowest BCUT2D eigenvalue weighted by molar-refractivity contribution is -0.130. The highest BCUT2D eigenvalue weighted by Gasteiger charge is 2.22. The van der Waals surface area contributed by atoms with Crippen molar-refractivity contribution in [3.63, 3.8) is 0 Å². The molecule has 1 aromatic carbocycles. The number of carbonyl (C=O) groups is 2. The molecule has 0 aliphatic carbocycles. The number of hydrogen-bond donors (Lipinski definition) is 1. The SMILES string of the molecule is CC[C@@H](OC(=O)c1cccs1)C(=O)NCc1ccc(C)cc1. The van der Waals surface area contributed by atoms with Gasteiger partial charge in [-0.3, -0.25) is 4.79 Å². The van der Waals surface area contributed by atoms with E-state index in [0.717, 1.165) is 5.56 Å². The molecule has 0 aliphatic heterocycles. The number of ether oxygens (including phenoxy) is 1. The number of aryl methyl sites for hydroxylation is 1. The Kier molecular flexibility index (Phi) is 5.72. The summed E-state index contributed by atoms with van der Waals surface area (Å²) in [6.45, 7) is 4.25. The van der Waals surface area contributed by atoms with Crippen LogP contribution in [-0.4, -0.2) is 18.0 Å².